The smallest absolute Gasteiger partial charge is 0.142 e. The van der Waals surface area contributed by atoms with Gasteiger partial charge in [0.2, 0.25) is 0 Å². The molecule has 1 N–H and O–H groups in total. The maximum absolute atomic E-state index is 13.3. The normalized spacial score (nSPS) is 12.4. The summed E-state index contributed by atoms with van der Waals surface area (Å²) in [5, 5.41) is 3.44. The molecule has 18 heavy (non-hydrogen) atoms. The van der Waals surface area contributed by atoms with E-state index >= 15 is 0 Å². The van der Waals surface area contributed by atoms with Crippen molar-refractivity contribution in [2.45, 2.75) is 19.5 Å². The summed E-state index contributed by atoms with van der Waals surface area (Å²) in [6.07, 6.45) is 1.76. The Morgan fingerprint density at radius 1 is 1.33 bits per heavy atom. The highest BCUT2D eigenvalue weighted by Crippen LogP contribution is 2.16. The number of aromatic nitrogens is 1. The molecule has 0 saturated heterocycles. The molecule has 0 aliphatic carbocycles. The summed E-state index contributed by atoms with van der Waals surface area (Å²) >= 11 is 5.63. The fourth-order valence-electron chi connectivity index (χ4n) is 1.66. The molecule has 1 aromatic carbocycles. The summed E-state index contributed by atoms with van der Waals surface area (Å²) in [4.78, 5) is 4.26. The minimum absolute atomic E-state index is 0.116. The number of benzene rings is 1. The number of nitrogens with one attached hydrogen (secondary N) is 1. The first-order valence-electron chi connectivity index (χ1n) is 5.75. The Labute approximate surface area is 111 Å². The fourth-order valence-corrected chi connectivity index (χ4v) is 1.77. The third-order valence-corrected chi connectivity index (χ3v) is 3.03. The highest BCUT2D eigenvalue weighted by Gasteiger charge is 2.06. The SMILES string of the molecule is C[C@H](NCc1ccc(Cl)c(F)c1)c1ccccn1. The van der Waals surface area contributed by atoms with Crippen LogP contribution in [0.25, 0.3) is 0 Å². The second-order valence-corrected chi connectivity index (χ2v) is 4.51. The van der Waals surface area contributed by atoms with Crippen molar-refractivity contribution in [2.75, 3.05) is 0 Å². The van der Waals surface area contributed by atoms with Crippen LogP contribution in [-0.4, -0.2) is 4.98 Å². The minimum Gasteiger partial charge on any atom is -0.305 e. The largest absolute Gasteiger partial charge is 0.305 e. The van der Waals surface area contributed by atoms with Gasteiger partial charge >= 0.3 is 0 Å². The maximum Gasteiger partial charge on any atom is 0.142 e. The van der Waals surface area contributed by atoms with E-state index < -0.39 is 0 Å². The summed E-state index contributed by atoms with van der Waals surface area (Å²) in [5.41, 5.74) is 1.83. The molecule has 1 heterocycles. The van der Waals surface area contributed by atoms with Gasteiger partial charge in [0.05, 0.1) is 10.7 Å². The van der Waals surface area contributed by atoms with Crippen molar-refractivity contribution in [3.05, 3.63) is 64.7 Å². The molecule has 0 fully saturated rings. The number of hydrogen-bond donors (Lipinski definition) is 1. The molecule has 0 aliphatic heterocycles. The second-order valence-electron chi connectivity index (χ2n) is 4.11. The molecule has 0 radical (unpaired) electrons. The van der Waals surface area contributed by atoms with Gasteiger partial charge in [-0.15, -0.1) is 0 Å². The third-order valence-electron chi connectivity index (χ3n) is 2.73. The topological polar surface area (TPSA) is 24.9 Å². The van der Waals surface area contributed by atoms with Crippen molar-refractivity contribution >= 4 is 11.6 Å². The van der Waals surface area contributed by atoms with Gasteiger partial charge in [0.15, 0.2) is 0 Å². The van der Waals surface area contributed by atoms with Crippen molar-refractivity contribution in [1.29, 1.82) is 0 Å². The number of pyridine rings is 1. The first-order chi connectivity index (χ1) is 8.66. The zero-order valence-electron chi connectivity index (χ0n) is 10.0. The fraction of sp³-hybridized carbons (Fsp3) is 0.214. The van der Waals surface area contributed by atoms with Crippen molar-refractivity contribution in [1.82, 2.24) is 10.3 Å². The molecule has 2 aromatic rings. The number of nitrogens with zero attached hydrogens (tertiary/aromatic N) is 1. The van der Waals surface area contributed by atoms with Gasteiger partial charge < -0.3 is 5.32 Å². The predicted octanol–water partition coefficient (Wildman–Crippen LogP) is 3.72. The standard InChI is InChI=1S/C14H14ClFN2/c1-10(14-4-2-3-7-17-14)18-9-11-5-6-12(15)13(16)8-11/h2-8,10,18H,9H2,1H3/t10-/m0/s1. The lowest BCUT2D eigenvalue weighted by molar-refractivity contribution is 0.557. The van der Waals surface area contributed by atoms with Crippen molar-refractivity contribution in [3.63, 3.8) is 0 Å². The summed E-state index contributed by atoms with van der Waals surface area (Å²) in [6, 6.07) is 10.7. The Hall–Kier alpha value is -1.45. The average molecular weight is 265 g/mol. The first-order valence-corrected chi connectivity index (χ1v) is 6.13. The van der Waals surface area contributed by atoms with Gasteiger partial charge in [0.25, 0.3) is 0 Å². The van der Waals surface area contributed by atoms with Crippen molar-refractivity contribution < 1.29 is 4.39 Å². The van der Waals surface area contributed by atoms with Crippen LogP contribution < -0.4 is 5.32 Å². The van der Waals surface area contributed by atoms with Crippen LogP contribution >= 0.6 is 11.6 Å². The van der Waals surface area contributed by atoms with E-state index in [9.17, 15) is 4.39 Å². The van der Waals surface area contributed by atoms with E-state index in [4.69, 9.17) is 11.6 Å². The number of hydrogen-bond acceptors (Lipinski definition) is 2. The molecule has 2 rings (SSSR count). The van der Waals surface area contributed by atoms with E-state index in [1.165, 1.54) is 6.07 Å². The predicted molar refractivity (Wildman–Crippen MR) is 70.9 cm³/mol. The molecular weight excluding hydrogens is 251 g/mol. The first kappa shape index (κ1) is 13.0. The molecule has 0 bridgehead atoms. The van der Waals surface area contributed by atoms with Gasteiger partial charge in [-0.2, -0.15) is 0 Å². The summed E-state index contributed by atoms with van der Waals surface area (Å²) in [5.74, 6) is -0.388. The Kier molecular flexibility index (Phi) is 4.28. The molecule has 0 spiro atoms. The van der Waals surface area contributed by atoms with Gasteiger partial charge in [0.1, 0.15) is 5.82 Å². The number of halogens is 2. The Bertz CT molecular complexity index is 516. The molecular formula is C14H14ClFN2. The van der Waals surface area contributed by atoms with Crippen molar-refractivity contribution in [2.24, 2.45) is 0 Å². The van der Waals surface area contributed by atoms with Crippen LogP contribution in [0.15, 0.2) is 42.6 Å². The third kappa shape index (κ3) is 3.28. The van der Waals surface area contributed by atoms with Gasteiger partial charge in [-0.1, -0.05) is 23.7 Å². The van der Waals surface area contributed by atoms with Gasteiger partial charge in [-0.3, -0.25) is 4.98 Å². The molecule has 0 unspecified atom stereocenters. The lowest BCUT2D eigenvalue weighted by Crippen LogP contribution is -2.19. The molecule has 94 valence electrons. The molecule has 0 saturated carbocycles. The van der Waals surface area contributed by atoms with Crippen LogP contribution in [0.4, 0.5) is 4.39 Å². The lowest BCUT2D eigenvalue weighted by Gasteiger charge is -2.13. The molecule has 4 heteroatoms. The molecule has 0 aliphatic rings. The van der Waals surface area contributed by atoms with Gasteiger partial charge in [-0.25, -0.2) is 4.39 Å². The zero-order chi connectivity index (χ0) is 13.0. The zero-order valence-corrected chi connectivity index (χ0v) is 10.8. The van der Waals surface area contributed by atoms with Gasteiger partial charge in [0, 0.05) is 18.8 Å². The van der Waals surface area contributed by atoms with E-state index in [-0.39, 0.29) is 16.9 Å². The van der Waals surface area contributed by atoms with E-state index in [0.717, 1.165) is 11.3 Å². The minimum atomic E-state index is -0.388. The molecule has 2 nitrogen and oxygen atoms in total. The van der Waals surface area contributed by atoms with Crippen LogP contribution in [0.3, 0.4) is 0 Å². The van der Waals surface area contributed by atoms with Crippen LogP contribution in [0.5, 0.6) is 0 Å². The second kappa shape index (κ2) is 5.94. The van der Waals surface area contributed by atoms with E-state index in [0.29, 0.717) is 6.54 Å². The van der Waals surface area contributed by atoms with Crippen LogP contribution in [0, 0.1) is 5.82 Å². The van der Waals surface area contributed by atoms with E-state index in [1.807, 2.05) is 31.2 Å². The summed E-state index contributed by atoms with van der Waals surface area (Å²) in [6.45, 7) is 2.60. The lowest BCUT2D eigenvalue weighted by atomic mass is 10.1. The molecule has 1 atom stereocenters. The Balaban J connectivity index is 1.97. The van der Waals surface area contributed by atoms with E-state index in [1.54, 1.807) is 12.3 Å². The highest BCUT2D eigenvalue weighted by atomic mass is 35.5. The summed E-state index contributed by atoms with van der Waals surface area (Å²) < 4.78 is 13.3. The van der Waals surface area contributed by atoms with Crippen molar-refractivity contribution in [3.8, 4) is 0 Å². The number of rotatable bonds is 4. The summed E-state index contributed by atoms with van der Waals surface area (Å²) in [7, 11) is 0. The average Bonchev–Trinajstić information content (AvgIpc) is 2.41. The monoisotopic (exact) mass is 264 g/mol. The Morgan fingerprint density at radius 2 is 2.17 bits per heavy atom. The van der Waals surface area contributed by atoms with Crippen LogP contribution in [0.1, 0.15) is 24.2 Å². The molecule has 1 aromatic heterocycles. The highest BCUT2D eigenvalue weighted by molar-refractivity contribution is 6.30. The van der Waals surface area contributed by atoms with E-state index in [2.05, 4.69) is 10.3 Å². The van der Waals surface area contributed by atoms with Gasteiger partial charge in [-0.05, 0) is 36.8 Å². The maximum atomic E-state index is 13.3. The molecule has 0 amide bonds. The van der Waals surface area contributed by atoms with Crippen LogP contribution in [0.2, 0.25) is 5.02 Å². The Morgan fingerprint density at radius 3 is 2.83 bits per heavy atom. The quantitative estimate of drug-likeness (QED) is 0.910. The van der Waals surface area contributed by atoms with Crippen LogP contribution in [-0.2, 0) is 6.54 Å².